The van der Waals surface area contributed by atoms with Crippen molar-refractivity contribution in [3.05, 3.63) is 0 Å². The Morgan fingerprint density at radius 1 is 0.889 bits per heavy atom. The second-order valence-corrected chi connectivity index (χ2v) is 6.86. The number of hydrogen-bond donors (Lipinski definition) is 1. The summed E-state index contributed by atoms with van der Waals surface area (Å²) in [7, 11) is 0. The molecule has 0 aromatic carbocycles. The molecule has 0 amide bonds. The van der Waals surface area contributed by atoms with E-state index in [1.54, 1.807) is 0 Å². The molecule has 1 heteroatoms. The van der Waals surface area contributed by atoms with Crippen molar-refractivity contribution in [2.24, 2.45) is 11.7 Å². The van der Waals surface area contributed by atoms with Crippen molar-refractivity contribution in [1.29, 1.82) is 0 Å². The minimum atomic E-state index is 0.105. The largest absolute Gasteiger partial charge is 0.325 e. The molecule has 1 rings (SSSR count). The van der Waals surface area contributed by atoms with Crippen LogP contribution in [0.15, 0.2) is 0 Å². The predicted molar refractivity (Wildman–Crippen MR) is 81.8 cm³/mol. The maximum absolute atomic E-state index is 6.39. The van der Waals surface area contributed by atoms with Crippen LogP contribution in [-0.2, 0) is 0 Å². The van der Waals surface area contributed by atoms with Gasteiger partial charge in [0.1, 0.15) is 0 Å². The minimum absolute atomic E-state index is 0.105. The van der Waals surface area contributed by atoms with Gasteiger partial charge in [-0.2, -0.15) is 0 Å². The van der Waals surface area contributed by atoms with Gasteiger partial charge in [-0.1, -0.05) is 77.6 Å². The first-order chi connectivity index (χ1) is 8.64. The quantitative estimate of drug-likeness (QED) is 0.698. The average Bonchev–Trinajstić information content (AvgIpc) is 2.33. The van der Waals surface area contributed by atoms with E-state index in [1.807, 2.05) is 0 Å². The van der Waals surface area contributed by atoms with Gasteiger partial charge in [-0.3, -0.25) is 0 Å². The van der Waals surface area contributed by atoms with E-state index in [9.17, 15) is 0 Å². The molecule has 0 spiro atoms. The van der Waals surface area contributed by atoms with Crippen molar-refractivity contribution in [1.82, 2.24) is 0 Å². The van der Waals surface area contributed by atoms with Crippen LogP contribution >= 0.6 is 0 Å². The van der Waals surface area contributed by atoms with Crippen LogP contribution in [0.5, 0.6) is 0 Å². The van der Waals surface area contributed by atoms with E-state index < -0.39 is 0 Å². The van der Waals surface area contributed by atoms with Crippen molar-refractivity contribution < 1.29 is 0 Å². The maximum Gasteiger partial charge on any atom is 0.0125 e. The van der Waals surface area contributed by atoms with Crippen molar-refractivity contribution in [3.63, 3.8) is 0 Å². The van der Waals surface area contributed by atoms with Gasteiger partial charge in [0.25, 0.3) is 0 Å². The molecule has 0 aromatic rings. The van der Waals surface area contributed by atoms with Crippen LogP contribution in [0.4, 0.5) is 0 Å². The second-order valence-electron chi connectivity index (χ2n) is 6.86. The fourth-order valence-corrected chi connectivity index (χ4v) is 3.42. The highest BCUT2D eigenvalue weighted by Gasteiger charge is 2.18. The molecule has 1 fully saturated rings. The normalized spacial score (nSPS) is 33.2. The Morgan fingerprint density at radius 3 is 2.06 bits per heavy atom. The molecule has 2 unspecified atom stereocenters. The average molecular weight is 253 g/mol. The third-order valence-corrected chi connectivity index (χ3v) is 4.67. The SMILES string of the molecule is CCCC1CCCCCCCC(C)(N)CCCC1. The van der Waals surface area contributed by atoms with Gasteiger partial charge in [0.15, 0.2) is 0 Å². The van der Waals surface area contributed by atoms with Crippen LogP contribution in [0, 0.1) is 5.92 Å². The highest BCUT2D eigenvalue weighted by Crippen LogP contribution is 2.26. The molecule has 2 atom stereocenters. The summed E-state index contributed by atoms with van der Waals surface area (Å²) >= 11 is 0. The van der Waals surface area contributed by atoms with Crippen LogP contribution in [-0.4, -0.2) is 5.54 Å². The minimum Gasteiger partial charge on any atom is -0.325 e. The Bertz CT molecular complexity index is 198. The van der Waals surface area contributed by atoms with Gasteiger partial charge < -0.3 is 5.73 Å². The summed E-state index contributed by atoms with van der Waals surface area (Å²) in [5.41, 5.74) is 6.50. The van der Waals surface area contributed by atoms with Gasteiger partial charge in [-0.15, -0.1) is 0 Å². The van der Waals surface area contributed by atoms with E-state index in [-0.39, 0.29) is 5.54 Å². The van der Waals surface area contributed by atoms with Crippen LogP contribution in [0.3, 0.4) is 0 Å². The number of hydrogen-bond acceptors (Lipinski definition) is 1. The molecule has 0 aliphatic heterocycles. The number of rotatable bonds is 2. The van der Waals surface area contributed by atoms with E-state index in [0.29, 0.717) is 0 Å². The smallest absolute Gasteiger partial charge is 0.0125 e. The van der Waals surface area contributed by atoms with E-state index in [1.165, 1.54) is 83.5 Å². The van der Waals surface area contributed by atoms with Gasteiger partial charge in [0.05, 0.1) is 0 Å². The molecule has 18 heavy (non-hydrogen) atoms. The molecule has 1 aliphatic rings. The van der Waals surface area contributed by atoms with Gasteiger partial charge in [0, 0.05) is 5.54 Å². The zero-order valence-electron chi connectivity index (χ0n) is 12.8. The van der Waals surface area contributed by atoms with E-state index in [2.05, 4.69) is 13.8 Å². The molecule has 108 valence electrons. The van der Waals surface area contributed by atoms with Gasteiger partial charge >= 0.3 is 0 Å². The summed E-state index contributed by atoms with van der Waals surface area (Å²) in [6.07, 6.45) is 18.0. The zero-order chi connectivity index (χ0) is 13.3. The Balaban J connectivity index is 2.37. The monoisotopic (exact) mass is 253 g/mol. The maximum atomic E-state index is 6.39. The second kappa shape index (κ2) is 8.96. The summed E-state index contributed by atoms with van der Waals surface area (Å²) in [5.74, 6) is 1.000. The van der Waals surface area contributed by atoms with Gasteiger partial charge in [-0.05, 0) is 25.7 Å². The Morgan fingerprint density at radius 2 is 1.39 bits per heavy atom. The lowest BCUT2D eigenvalue weighted by atomic mass is 9.88. The molecule has 1 nitrogen and oxygen atoms in total. The Hall–Kier alpha value is -0.0400. The summed E-state index contributed by atoms with van der Waals surface area (Å²) in [6.45, 7) is 4.59. The van der Waals surface area contributed by atoms with Crippen molar-refractivity contribution in [2.75, 3.05) is 0 Å². The fourth-order valence-electron chi connectivity index (χ4n) is 3.42. The van der Waals surface area contributed by atoms with Gasteiger partial charge in [-0.25, -0.2) is 0 Å². The highest BCUT2D eigenvalue weighted by atomic mass is 14.7. The molecule has 1 aliphatic carbocycles. The first kappa shape index (κ1) is 16.0. The third-order valence-electron chi connectivity index (χ3n) is 4.67. The molecule has 0 saturated heterocycles. The van der Waals surface area contributed by atoms with Crippen molar-refractivity contribution in [3.8, 4) is 0 Å². The molecule has 0 radical (unpaired) electrons. The molecule has 0 bridgehead atoms. The first-order valence-electron chi connectivity index (χ1n) is 8.43. The molecular formula is C17H35N. The predicted octanol–water partition coefficient (Wildman–Crippen LogP) is 5.42. The van der Waals surface area contributed by atoms with E-state index in [0.717, 1.165) is 5.92 Å². The first-order valence-corrected chi connectivity index (χ1v) is 8.43. The Labute approximate surface area is 115 Å². The van der Waals surface area contributed by atoms with Gasteiger partial charge in [0.2, 0.25) is 0 Å². The van der Waals surface area contributed by atoms with Crippen LogP contribution < -0.4 is 5.73 Å². The molecule has 1 saturated carbocycles. The Kier molecular flexibility index (Phi) is 7.97. The molecule has 2 N–H and O–H groups in total. The van der Waals surface area contributed by atoms with Crippen LogP contribution in [0.1, 0.15) is 97.3 Å². The summed E-state index contributed by atoms with van der Waals surface area (Å²) < 4.78 is 0. The van der Waals surface area contributed by atoms with Crippen molar-refractivity contribution in [2.45, 2.75) is 103 Å². The van der Waals surface area contributed by atoms with E-state index in [4.69, 9.17) is 5.73 Å². The van der Waals surface area contributed by atoms with Crippen LogP contribution in [0.25, 0.3) is 0 Å². The molecule has 0 aromatic heterocycles. The standard InChI is InChI=1S/C17H35N/c1-3-11-16-12-7-5-4-6-9-14-17(2,18)15-10-8-13-16/h16H,3-15,18H2,1-2H3. The molecular weight excluding hydrogens is 218 g/mol. The fraction of sp³-hybridized carbons (Fsp3) is 1.00. The number of nitrogens with two attached hydrogens (primary N) is 1. The summed E-state index contributed by atoms with van der Waals surface area (Å²) in [5, 5.41) is 0. The topological polar surface area (TPSA) is 26.0 Å². The van der Waals surface area contributed by atoms with E-state index >= 15 is 0 Å². The zero-order valence-corrected chi connectivity index (χ0v) is 12.8. The third kappa shape index (κ3) is 7.41. The lowest BCUT2D eigenvalue weighted by molar-refractivity contribution is 0.350. The van der Waals surface area contributed by atoms with Crippen LogP contribution in [0.2, 0.25) is 0 Å². The molecule has 0 heterocycles. The highest BCUT2D eigenvalue weighted by molar-refractivity contribution is 4.78. The summed E-state index contributed by atoms with van der Waals surface area (Å²) in [6, 6.07) is 0. The summed E-state index contributed by atoms with van der Waals surface area (Å²) in [4.78, 5) is 0. The lowest BCUT2D eigenvalue weighted by Gasteiger charge is -2.24. The van der Waals surface area contributed by atoms with Crippen molar-refractivity contribution >= 4 is 0 Å². The lowest BCUT2D eigenvalue weighted by Crippen LogP contribution is -2.35.